The molecule has 3 rings (SSSR count). The largest absolute Gasteiger partial charge is 0.490 e. The smallest absolute Gasteiger partial charge is 0.340 e. The molecule has 0 fully saturated rings. The predicted octanol–water partition coefficient (Wildman–Crippen LogP) is 4.79. The van der Waals surface area contributed by atoms with Gasteiger partial charge in [0.25, 0.3) is 5.91 Å². The minimum absolute atomic E-state index is 0.280. The maximum atomic E-state index is 12.5. The van der Waals surface area contributed by atoms with Crippen LogP contribution in [0.25, 0.3) is 10.9 Å². The molecule has 0 aliphatic rings. The molecular formula is C23H23ClN2O5. The van der Waals surface area contributed by atoms with Crippen LogP contribution >= 0.6 is 11.6 Å². The summed E-state index contributed by atoms with van der Waals surface area (Å²) in [6.07, 6.45) is 0. The average Bonchev–Trinajstić information content (AvgIpc) is 2.74. The monoisotopic (exact) mass is 442 g/mol. The molecule has 2 aromatic carbocycles. The quantitative estimate of drug-likeness (QED) is 0.505. The molecule has 1 N–H and O–H groups in total. The van der Waals surface area contributed by atoms with Gasteiger partial charge >= 0.3 is 5.97 Å². The molecule has 0 spiro atoms. The molecule has 1 heterocycles. The second-order valence-electron chi connectivity index (χ2n) is 6.61. The van der Waals surface area contributed by atoms with Crippen LogP contribution in [0.1, 0.15) is 29.9 Å². The van der Waals surface area contributed by atoms with E-state index in [1.54, 1.807) is 49.4 Å². The van der Waals surface area contributed by atoms with E-state index in [0.29, 0.717) is 46.5 Å². The van der Waals surface area contributed by atoms with Gasteiger partial charge in [-0.1, -0.05) is 11.6 Å². The second kappa shape index (κ2) is 10.1. The number of anilines is 1. The number of hydrogen-bond acceptors (Lipinski definition) is 6. The summed E-state index contributed by atoms with van der Waals surface area (Å²) in [6.45, 7) is 5.96. The Balaban J connectivity index is 1.65. The summed E-state index contributed by atoms with van der Waals surface area (Å²) in [7, 11) is 0. The Morgan fingerprint density at radius 3 is 2.48 bits per heavy atom. The minimum atomic E-state index is -0.635. The van der Waals surface area contributed by atoms with E-state index in [0.717, 1.165) is 5.52 Å². The van der Waals surface area contributed by atoms with Crippen LogP contribution in [-0.2, 0) is 9.53 Å². The molecule has 0 saturated carbocycles. The molecule has 1 aromatic heterocycles. The molecule has 0 bridgehead atoms. The molecule has 0 aliphatic heterocycles. The first kappa shape index (κ1) is 22.4. The fraction of sp³-hybridized carbons (Fsp3) is 0.261. The predicted molar refractivity (Wildman–Crippen MR) is 119 cm³/mol. The van der Waals surface area contributed by atoms with Gasteiger partial charge in [-0.2, -0.15) is 0 Å². The highest BCUT2D eigenvalue weighted by Crippen LogP contribution is 2.30. The zero-order valence-corrected chi connectivity index (χ0v) is 18.3. The highest BCUT2D eigenvalue weighted by Gasteiger charge is 2.16. The van der Waals surface area contributed by atoms with E-state index in [1.807, 2.05) is 13.8 Å². The van der Waals surface area contributed by atoms with E-state index >= 15 is 0 Å². The molecule has 162 valence electrons. The molecule has 3 aromatic rings. The number of benzene rings is 2. The van der Waals surface area contributed by atoms with Gasteiger partial charge in [0, 0.05) is 22.2 Å². The highest BCUT2D eigenvalue weighted by molar-refractivity contribution is 6.31. The van der Waals surface area contributed by atoms with E-state index in [4.69, 9.17) is 25.8 Å². The van der Waals surface area contributed by atoms with E-state index in [-0.39, 0.29) is 5.56 Å². The molecule has 0 unspecified atom stereocenters. The standard InChI is InChI=1S/C23H23ClN2O5/c1-4-29-20-9-7-17(12-21(20)30-5-2)26-22(27)13-31-23(28)18-11-15-10-16(24)6-8-19(15)25-14(18)3/h6-12H,4-5,13H2,1-3H3,(H,26,27). The van der Waals surface area contributed by atoms with Gasteiger partial charge in [-0.25, -0.2) is 4.79 Å². The van der Waals surface area contributed by atoms with Gasteiger partial charge in [-0.05, 0) is 57.2 Å². The van der Waals surface area contributed by atoms with Crippen LogP contribution in [-0.4, -0.2) is 36.7 Å². The van der Waals surface area contributed by atoms with Crippen LogP contribution in [0.2, 0.25) is 5.02 Å². The number of fused-ring (bicyclic) bond motifs is 1. The molecule has 1 amide bonds. The van der Waals surface area contributed by atoms with E-state index in [1.165, 1.54) is 0 Å². The number of halogens is 1. The zero-order chi connectivity index (χ0) is 22.4. The minimum Gasteiger partial charge on any atom is -0.490 e. The van der Waals surface area contributed by atoms with Crippen molar-refractivity contribution in [3.8, 4) is 11.5 Å². The lowest BCUT2D eigenvalue weighted by Gasteiger charge is -2.13. The van der Waals surface area contributed by atoms with Crippen molar-refractivity contribution in [2.75, 3.05) is 25.1 Å². The Kier molecular flexibility index (Phi) is 7.31. The number of hydrogen-bond donors (Lipinski definition) is 1. The second-order valence-corrected chi connectivity index (χ2v) is 7.05. The third-order valence-corrected chi connectivity index (χ3v) is 4.58. The molecule has 0 atom stereocenters. The van der Waals surface area contributed by atoms with E-state index in [9.17, 15) is 9.59 Å². The van der Waals surface area contributed by atoms with Crippen molar-refractivity contribution in [1.82, 2.24) is 4.98 Å². The normalized spacial score (nSPS) is 10.6. The first-order valence-corrected chi connectivity index (χ1v) is 10.2. The topological polar surface area (TPSA) is 86.8 Å². The number of nitrogens with one attached hydrogen (secondary N) is 1. The average molecular weight is 443 g/mol. The lowest BCUT2D eigenvalue weighted by Crippen LogP contribution is -2.21. The Morgan fingerprint density at radius 1 is 1.00 bits per heavy atom. The molecule has 0 radical (unpaired) electrons. The van der Waals surface area contributed by atoms with Crippen LogP contribution in [0.5, 0.6) is 11.5 Å². The number of carbonyl (C=O) groups is 2. The van der Waals surface area contributed by atoms with Crippen molar-refractivity contribution < 1.29 is 23.8 Å². The SMILES string of the molecule is CCOc1ccc(NC(=O)COC(=O)c2cc3cc(Cl)ccc3nc2C)cc1OCC. The Labute approximate surface area is 185 Å². The van der Waals surface area contributed by atoms with Crippen LogP contribution in [0.15, 0.2) is 42.5 Å². The summed E-state index contributed by atoms with van der Waals surface area (Å²) >= 11 is 6.01. The van der Waals surface area contributed by atoms with Gasteiger partial charge in [-0.3, -0.25) is 9.78 Å². The van der Waals surface area contributed by atoms with Gasteiger partial charge in [0.05, 0.1) is 30.0 Å². The van der Waals surface area contributed by atoms with E-state index < -0.39 is 18.5 Å². The third-order valence-electron chi connectivity index (χ3n) is 4.35. The van der Waals surface area contributed by atoms with Crippen molar-refractivity contribution in [1.29, 1.82) is 0 Å². The van der Waals surface area contributed by atoms with Crippen LogP contribution in [0, 0.1) is 6.92 Å². The van der Waals surface area contributed by atoms with Crippen molar-refractivity contribution >= 4 is 40.1 Å². The molecular weight excluding hydrogens is 420 g/mol. The fourth-order valence-corrected chi connectivity index (χ4v) is 3.17. The van der Waals surface area contributed by atoms with Crippen LogP contribution in [0.3, 0.4) is 0 Å². The fourth-order valence-electron chi connectivity index (χ4n) is 2.99. The molecule has 8 heteroatoms. The Morgan fingerprint density at radius 2 is 1.74 bits per heavy atom. The number of pyridine rings is 1. The summed E-state index contributed by atoms with van der Waals surface area (Å²) in [5, 5.41) is 3.94. The summed E-state index contributed by atoms with van der Waals surface area (Å²) < 4.78 is 16.2. The number of rotatable bonds is 8. The highest BCUT2D eigenvalue weighted by atomic mass is 35.5. The number of esters is 1. The van der Waals surface area contributed by atoms with Crippen LogP contribution in [0.4, 0.5) is 5.69 Å². The zero-order valence-electron chi connectivity index (χ0n) is 17.5. The molecule has 7 nitrogen and oxygen atoms in total. The van der Waals surface area contributed by atoms with Gasteiger partial charge < -0.3 is 19.5 Å². The molecule has 0 aliphatic carbocycles. The summed E-state index contributed by atoms with van der Waals surface area (Å²) in [5.41, 5.74) is 2.01. The number of aryl methyl sites for hydroxylation is 1. The first-order valence-electron chi connectivity index (χ1n) is 9.84. The maximum absolute atomic E-state index is 12.5. The number of amides is 1. The number of carbonyl (C=O) groups excluding carboxylic acids is 2. The van der Waals surface area contributed by atoms with Crippen molar-refractivity contribution in [2.45, 2.75) is 20.8 Å². The molecule has 31 heavy (non-hydrogen) atoms. The van der Waals surface area contributed by atoms with Gasteiger partial charge in [-0.15, -0.1) is 0 Å². The lowest BCUT2D eigenvalue weighted by molar-refractivity contribution is -0.119. The van der Waals surface area contributed by atoms with Crippen LogP contribution < -0.4 is 14.8 Å². The number of nitrogens with zero attached hydrogens (tertiary/aromatic N) is 1. The Bertz CT molecular complexity index is 1120. The molecule has 0 saturated heterocycles. The number of aromatic nitrogens is 1. The number of ether oxygens (including phenoxy) is 3. The van der Waals surface area contributed by atoms with Crippen molar-refractivity contribution in [3.63, 3.8) is 0 Å². The summed E-state index contributed by atoms with van der Waals surface area (Å²) in [6, 6.07) is 11.9. The maximum Gasteiger partial charge on any atom is 0.340 e. The van der Waals surface area contributed by atoms with Crippen molar-refractivity contribution in [2.24, 2.45) is 0 Å². The third kappa shape index (κ3) is 5.64. The Hall–Kier alpha value is -3.32. The van der Waals surface area contributed by atoms with Gasteiger partial charge in [0.2, 0.25) is 0 Å². The van der Waals surface area contributed by atoms with Crippen molar-refractivity contribution in [3.05, 3.63) is 58.7 Å². The van der Waals surface area contributed by atoms with Gasteiger partial charge in [0.15, 0.2) is 18.1 Å². The lowest BCUT2D eigenvalue weighted by atomic mass is 10.1. The first-order chi connectivity index (χ1) is 14.9. The van der Waals surface area contributed by atoms with Gasteiger partial charge in [0.1, 0.15) is 0 Å². The summed E-state index contributed by atoms with van der Waals surface area (Å²) in [5.74, 6) is 0.00181. The summed E-state index contributed by atoms with van der Waals surface area (Å²) in [4.78, 5) is 29.2. The van der Waals surface area contributed by atoms with E-state index in [2.05, 4.69) is 10.3 Å².